The smallest absolute Gasteiger partial charge is 0.416 e. The maximum absolute atomic E-state index is 12.6. The van der Waals surface area contributed by atoms with Gasteiger partial charge in [-0.3, -0.25) is 14.3 Å². The Kier molecular flexibility index (Phi) is 5.67. The molecule has 1 heterocycles. The van der Waals surface area contributed by atoms with Gasteiger partial charge in [0.25, 0.3) is 11.7 Å². The lowest BCUT2D eigenvalue weighted by Gasteiger charge is -2.10. The number of hydrogen-bond donors (Lipinski definition) is 1. The molecule has 7 nitrogen and oxygen atoms in total. The van der Waals surface area contributed by atoms with E-state index in [2.05, 4.69) is 15.2 Å². The molecular formula is C17H16F3N3O4. The zero-order valence-corrected chi connectivity index (χ0v) is 14.7. The average molecular weight is 383 g/mol. The third-order valence-electron chi connectivity index (χ3n) is 3.73. The van der Waals surface area contributed by atoms with Gasteiger partial charge in [0, 0.05) is 18.4 Å². The third kappa shape index (κ3) is 4.72. The number of carbonyl (C=O) groups is 3. The maximum atomic E-state index is 12.6. The van der Waals surface area contributed by atoms with Crippen molar-refractivity contribution in [3.8, 4) is 0 Å². The molecule has 0 radical (unpaired) electrons. The van der Waals surface area contributed by atoms with Crippen LogP contribution in [0.4, 0.5) is 18.9 Å². The summed E-state index contributed by atoms with van der Waals surface area (Å²) in [7, 11) is 1.60. The van der Waals surface area contributed by atoms with Crippen molar-refractivity contribution in [2.24, 2.45) is 7.05 Å². The van der Waals surface area contributed by atoms with Gasteiger partial charge in [0.1, 0.15) is 0 Å². The fourth-order valence-corrected chi connectivity index (χ4v) is 2.37. The summed E-state index contributed by atoms with van der Waals surface area (Å²) in [5.74, 6) is -3.09. The van der Waals surface area contributed by atoms with Crippen LogP contribution in [0.3, 0.4) is 0 Å². The molecule has 0 saturated carbocycles. The van der Waals surface area contributed by atoms with Crippen LogP contribution in [0.15, 0.2) is 24.3 Å². The quantitative estimate of drug-likeness (QED) is 0.487. The number of halogens is 3. The van der Waals surface area contributed by atoms with Gasteiger partial charge in [-0.15, -0.1) is 0 Å². The normalized spacial score (nSPS) is 11.2. The highest BCUT2D eigenvalue weighted by molar-refractivity contribution is 6.41. The zero-order chi connectivity index (χ0) is 20.4. The molecule has 0 spiro atoms. The number of alkyl halides is 3. The van der Waals surface area contributed by atoms with Gasteiger partial charge in [0.15, 0.2) is 6.61 Å². The number of nitrogens with zero attached hydrogens (tertiary/aromatic N) is 2. The molecule has 144 valence electrons. The molecule has 1 aromatic carbocycles. The largest absolute Gasteiger partial charge is 0.450 e. The number of aromatic nitrogens is 2. The van der Waals surface area contributed by atoms with Crippen molar-refractivity contribution in [2.45, 2.75) is 20.0 Å². The molecular weight excluding hydrogens is 367 g/mol. The van der Waals surface area contributed by atoms with Crippen LogP contribution in [-0.2, 0) is 27.5 Å². The molecule has 10 heteroatoms. The molecule has 0 fully saturated rings. The number of anilines is 1. The molecule has 27 heavy (non-hydrogen) atoms. The van der Waals surface area contributed by atoms with E-state index in [0.29, 0.717) is 11.4 Å². The summed E-state index contributed by atoms with van der Waals surface area (Å²) >= 11 is 0. The number of aryl methyl sites for hydroxylation is 2. The summed E-state index contributed by atoms with van der Waals surface area (Å²) in [4.78, 5) is 35.8. The first kappa shape index (κ1) is 20.1. The minimum Gasteiger partial charge on any atom is -0.450 e. The highest BCUT2D eigenvalue weighted by atomic mass is 19.4. The van der Waals surface area contributed by atoms with Crippen LogP contribution in [0.25, 0.3) is 0 Å². The molecule has 1 amide bonds. The Morgan fingerprint density at radius 1 is 1.22 bits per heavy atom. The minimum atomic E-state index is -4.56. The van der Waals surface area contributed by atoms with Crippen molar-refractivity contribution in [1.82, 2.24) is 9.78 Å². The lowest BCUT2D eigenvalue weighted by molar-refractivity contribution is -0.142. The molecule has 0 unspecified atom stereocenters. The van der Waals surface area contributed by atoms with Gasteiger partial charge < -0.3 is 10.1 Å². The fraction of sp³-hybridized carbons (Fsp3) is 0.294. The number of esters is 1. The lowest BCUT2D eigenvalue weighted by atomic mass is 10.1. The summed E-state index contributed by atoms with van der Waals surface area (Å²) in [5, 5.41) is 6.18. The Bertz CT molecular complexity index is 903. The van der Waals surface area contributed by atoms with Gasteiger partial charge in [0.05, 0.1) is 16.8 Å². The molecule has 0 atom stereocenters. The second-order valence-corrected chi connectivity index (χ2v) is 5.70. The number of rotatable bonds is 5. The molecule has 1 aromatic heterocycles. The van der Waals surface area contributed by atoms with Crippen LogP contribution in [0.2, 0.25) is 0 Å². The Balaban J connectivity index is 1.97. The average Bonchev–Trinajstić information content (AvgIpc) is 2.83. The number of benzene rings is 1. The first-order valence-corrected chi connectivity index (χ1v) is 7.69. The first-order chi connectivity index (χ1) is 12.5. The predicted octanol–water partition coefficient (Wildman–Crippen LogP) is 2.42. The van der Waals surface area contributed by atoms with Crippen LogP contribution in [0, 0.1) is 13.8 Å². The van der Waals surface area contributed by atoms with Crippen molar-refractivity contribution >= 4 is 23.3 Å². The van der Waals surface area contributed by atoms with Gasteiger partial charge >= 0.3 is 12.1 Å². The number of ketones is 1. The molecule has 1 N–H and O–H groups in total. The van der Waals surface area contributed by atoms with Crippen molar-refractivity contribution in [3.63, 3.8) is 0 Å². The predicted molar refractivity (Wildman–Crippen MR) is 88.0 cm³/mol. The van der Waals surface area contributed by atoms with Crippen molar-refractivity contribution in [3.05, 3.63) is 46.8 Å². The van der Waals surface area contributed by atoms with E-state index in [-0.39, 0.29) is 11.3 Å². The topological polar surface area (TPSA) is 90.3 Å². The highest BCUT2D eigenvalue weighted by Crippen LogP contribution is 2.30. The summed E-state index contributed by atoms with van der Waals surface area (Å²) in [6.07, 6.45) is -4.56. The third-order valence-corrected chi connectivity index (χ3v) is 3.73. The van der Waals surface area contributed by atoms with E-state index < -0.39 is 36.0 Å². The van der Waals surface area contributed by atoms with Crippen molar-refractivity contribution in [1.29, 1.82) is 0 Å². The van der Waals surface area contributed by atoms with Crippen molar-refractivity contribution in [2.75, 3.05) is 11.9 Å². The van der Waals surface area contributed by atoms with Crippen LogP contribution in [0.5, 0.6) is 0 Å². The van der Waals surface area contributed by atoms with E-state index >= 15 is 0 Å². The highest BCUT2D eigenvalue weighted by Gasteiger charge is 2.30. The summed E-state index contributed by atoms with van der Waals surface area (Å²) in [5.41, 5.74) is -0.167. The molecule has 0 aliphatic rings. The monoisotopic (exact) mass is 383 g/mol. The molecule has 0 aliphatic carbocycles. The number of carbonyl (C=O) groups excluding carboxylic acids is 3. The van der Waals surface area contributed by atoms with Crippen LogP contribution in [0.1, 0.15) is 27.3 Å². The van der Waals surface area contributed by atoms with E-state index in [9.17, 15) is 27.6 Å². The Morgan fingerprint density at radius 3 is 2.44 bits per heavy atom. The minimum absolute atomic E-state index is 0.0841. The van der Waals surface area contributed by atoms with E-state index in [0.717, 1.165) is 18.2 Å². The van der Waals surface area contributed by atoms with E-state index in [4.69, 9.17) is 0 Å². The summed E-state index contributed by atoms with van der Waals surface area (Å²) in [6, 6.07) is 3.98. The Morgan fingerprint density at radius 2 is 1.89 bits per heavy atom. The zero-order valence-electron chi connectivity index (χ0n) is 14.7. The number of nitrogens with one attached hydrogen (secondary N) is 1. The lowest BCUT2D eigenvalue weighted by Crippen LogP contribution is -2.25. The SMILES string of the molecule is Cc1nn(C)c(C)c1C(=O)C(=O)OCC(=O)Nc1cccc(C(F)(F)F)c1. The van der Waals surface area contributed by atoms with E-state index in [1.54, 1.807) is 20.9 Å². The second kappa shape index (κ2) is 7.60. The molecule has 2 rings (SSSR count). The standard InChI is InChI=1S/C17H16F3N3O4/c1-9-14(10(2)23(3)22-9)15(25)16(26)27-8-13(24)21-12-6-4-5-11(7-12)17(18,19)20/h4-7H,8H2,1-3H3,(H,21,24). The van der Waals surface area contributed by atoms with Crippen LogP contribution >= 0.6 is 0 Å². The van der Waals surface area contributed by atoms with Gasteiger partial charge in [-0.1, -0.05) is 6.07 Å². The van der Waals surface area contributed by atoms with E-state index in [1.165, 1.54) is 10.7 Å². The Hall–Kier alpha value is -3.17. The number of amides is 1. The van der Waals surface area contributed by atoms with Gasteiger partial charge in [-0.05, 0) is 32.0 Å². The second-order valence-electron chi connectivity index (χ2n) is 5.70. The molecule has 2 aromatic rings. The summed E-state index contributed by atoms with van der Waals surface area (Å²) < 4.78 is 44.0. The van der Waals surface area contributed by atoms with Crippen LogP contribution in [-0.4, -0.2) is 34.0 Å². The molecule has 0 saturated heterocycles. The number of Topliss-reactive ketones (excluding diaryl/α,β-unsaturated/α-hetero) is 1. The van der Waals surface area contributed by atoms with Crippen molar-refractivity contribution < 1.29 is 32.3 Å². The maximum Gasteiger partial charge on any atom is 0.416 e. The number of hydrogen-bond acceptors (Lipinski definition) is 5. The molecule has 0 aliphatic heterocycles. The fourth-order valence-electron chi connectivity index (χ4n) is 2.37. The van der Waals surface area contributed by atoms with Crippen LogP contribution < -0.4 is 5.32 Å². The number of ether oxygens (including phenoxy) is 1. The van der Waals surface area contributed by atoms with Gasteiger partial charge in [0.2, 0.25) is 0 Å². The first-order valence-electron chi connectivity index (χ1n) is 7.69. The van der Waals surface area contributed by atoms with Gasteiger partial charge in [-0.2, -0.15) is 18.3 Å². The van der Waals surface area contributed by atoms with E-state index in [1.807, 2.05) is 0 Å². The molecule has 0 bridgehead atoms. The Labute approximate surface area is 152 Å². The summed E-state index contributed by atoms with van der Waals surface area (Å²) in [6.45, 7) is 2.33. The van der Waals surface area contributed by atoms with Gasteiger partial charge in [-0.25, -0.2) is 4.79 Å².